The number of hydrogen-bond donors (Lipinski definition) is 3. The van der Waals surface area contributed by atoms with Crippen molar-refractivity contribution in [3.63, 3.8) is 0 Å². The van der Waals surface area contributed by atoms with E-state index in [1.165, 1.54) is 0 Å². The summed E-state index contributed by atoms with van der Waals surface area (Å²) in [5.74, 6) is 0.506. The first-order chi connectivity index (χ1) is 22.9. The van der Waals surface area contributed by atoms with Crippen molar-refractivity contribution in [2.75, 3.05) is 17.6 Å². The molecule has 0 radical (unpaired) electrons. The number of benzene rings is 4. The largest absolute Gasteiger partial charge is 0.444 e. The molecule has 0 fully saturated rings. The van der Waals surface area contributed by atoms with Gasteiger partial charge in [0.1, 0.15) is 5.60 Å². The van der Waals surface area contributed by atoms with Gasteiger partial charge in [-0.15, -0.1) is 11.8 Å². The zero-order valence-electron chi connectivity index (χ0n) is 29.4. The highest BCUT2D eigenvalue weighted by Crippen LogP contribution is 2.48. The maximum atomic E-state index is 13.8. The number of nitrogens with one attached hydrogen (secondary N) is 3. The van der Waals surface area contributed by atoms with E-state index in [2.05, 4.69) is 109 Å². The van der Waals surface area contributed by atoms with Gasteiger partial charge in [0.15, 0.2) is 0 Å². The molecule has 0 aliphatic heterocycles. The number of thioether (sulfide) groups is 1. The van der Waals surface area contributed by atoms with Crippen LogP contribution in [0.25, 0.3) is 0 Å². The quantitative estimate of drug-likeness (QED) is 0.117. The van der Waals surface area contributed by atoms with Crippen molar-refractivity contribution in [2.24, 2.45) is 5.92 Å². The zero-order chi connectivity index (χ0) is 34.7. The third-order valence-corrected chi connectivity index (χ3v) is 10.2. The van der Waals surface area contributed by atoms with Crippen molar-refractivity contribution in [1.82, 2.24) is 10.6 Å². The smallest absolute Gasteiger partial charge is 0.407 e. The number of alkyl carbamates (subject to hydrolysis) is 1. The van der Waals surface area contributed by atoms with Crippen molar-refractivity contribution in [2.45, 2.75) is 77.3 Å². The number of carbonyl (C=O) groups is 2. The Morgan fingerprint density at radius 3 is 1.77 bits per heavy atom. The van der Waals surface area contributed by atoms with Crippen LogP contribution in [0.1, 0.15) is 68.9 Å². The molecule has 3 atom stereocenters. The van der Waals surface area contributed by atoms with Gasteiger partial charge in [-0.2, -0.15) is 0 Å². The van der Waals surface area contributed by atoms with E-state index in [1.807, 2.05) is 65.0 Å². The van der Waals surface area contributed by atoms with Crippen molar-refractivity contribution in [3.8, 4) is 0 Å². The minimum Gasteiger partial charge on any atom is -0.444 e. The first kappa shape index (κ1) is 36.8. The molecule has 0 bridgehead atoms. The van der Waals surface area contributed by atoms with E-state index in [1.54, 1.807) is 11.8 Å². The van der Waals surface area contributed by atoms with Gasteiger partial charge in [-0.3, -0.25) is 4.79 Å². The monoisotopic (exact) mass is 665 g/mol. The summed E-state index contributed by atoms with van der Waals surface area (Å²) in [5, 5.41) is 9.84. The Morgan fingerprint density at radius 2 is 1.31 bits per heavy atom. The van der Waals surface area contributed by atoms with Crippen LogP contribution in [0, 0.1) is 19.8 Å². The second-order valence-corrected chi connectivity index (χ2v) is 14.7. The molecule has 0 aliphatic carbocycles. The Hall–Kier alpha value is -4.07. The number of amides is 2. The number of anilines is 1. The summed E-state index contributed by atoms with van der Waals surface area (Å²) < 4.78 is 5.15. The van der Waals surface area contributed by atoms with Gasteiger partial charge in [-0.25, -0.2) is 4.79 Å². The minimum absolute atomic E-state index is 0.0580. The summed E-state index contributed by atoms with van der Waals surface area (Å²) in [6.07, 6.45) is 0.329. The molecule has 4 aromatic rings. The van der Waals surface area contributed by atoms with Crippen LogP contribution < -0.4 is 16.0 Å². The van der Waals surface area contributed by atoms with Crippen LogP contribution >= 0.6 is 11.8 Å². The fraction of sp³-hybridized carbons (Fsp3) is 0.366. The molecule has 4 rings (SSSR count). The third kappa shape index (κ3) is 9.74. The van der Waals surface area contributed by atoms with Crippen molar-refractivity contribution in [1.29, 1.82) is 0 Å². The average molecular weight is 666 g/mol. The Labute approximate surface area is 291 Å². The molecule has 3 N–H and O–H groups in total. The van der Waals surface area contributed by atoms with E-state index in [0.29, 0.717) is 12.3 Å². The summed E-state index contributed by atoms with van der Waals surface area (Å²) in [6.45, 7) is 14.2. The summed E-state index contributed by atoms with van der Waals surface area (Å²) in [7, 11) is 0. The second kappa shape index (κ2) is 16.8. The fourth-order valence-electron chi connectivity index (χ4n) is 5.84. The maximum Gasteiger partial charge on any atom is 0.407 e. The Balaban J connectivity index is 1.67. The second-order valence-electron chi connectivity index (χ2n) is 13.5. The van der Waals surface area contributed by atoms with E-state index in [9.17, 15) is 9.59 Å². The van der Waals surface area contributed by atoms with Crippen molar-refractivity contribution >= 4 is 29.4 Å². The molecule has 48 heavy (non-hydrogen) atoms. The van der Waals surface area contributed by atoms with Gasteiger partial charge in [-0.1, -0.05) is 129 Å². The lowest BCUT2D eigenvalue weighted by Crippen LogP contribution is -2.52. The molecule has 0 heterocycles. The number of aryl methyl sites for hydroxylation is 2. The number of ether oxygens (including phenoxy) is 1. The Bertz CT molecular complexity index is 1510. The van der Waals surface area contributed by atoms with E-state index in [-0.39, 0.29) is 17.9 Å². The highest BCUT2D eigenvalue weighted by atomic mass is 32.2. The van der Waals surface area contributed by atoms with Crippen LogP contribution in [-0.4, -0.2) is 42.0 Å². The lowest BCUT2D eigenvalue weighted by Gasteiger charge is -2.37. The van der Waals surface area contributed by atoms with E-state index >= 15 is 0 Å². The van der Waals surface area contributed by atoms with Gasteiger partial charge in [0.2, 0.25) is 5.91 Å². The van der Waals surface area contributed by atoms with Gasteiger partial charge in [-0.05, 0) is 68.9 Å². The molecule has 2 amide bonds. The number of carbonyl (C=O) groups excluding carboxylic acids is 2. The molecule has 0 saturated heterocycles. The molecule has 0 aliphatic rings. The molecule has 0 unspecified atom stereocenters. The first-order valence-electron chi connectivity index (χ1n) is 16.8. The third-order valence-electron chi connectivity index (χ3n) is 8.48. The zero-order valence-corrected chi connectivity index (χ0v) is 30.2. The number of rotatable bonds is 14. The van der Waals surface area contributed by atoms with Gasteiger partial charge in [0.05, 0.1) is 16.8 Å². The van der Waals surface area contributed by atoms with E-state index in [0.717, 1.165) is 39.9 Å². The SMILES string of the molecule is CC[C@H](C)[C@H](NC[C@H](CSC(c1ccccc1)(c1ccccc1)c1ccccc1)NC(=O)OC(C)(C)C)C(=O)Nc1ccc(C)cc1C. The minimum atomic E-state index is -0.651. The van der Waals surface area contributed by atoms with Gasteiger partial charge in [0, 0.05) is 18.0 Å². The molecule has 0 saturated carbocycles. The van der Waals surface area contributed by atoms with Gasteiger partial charge in [0.25, 0.3) is 0 Å². The highest BCUT2D eigenvalue weighted by molar-refractivity contribution is 8.00. The van der Waals surface area contributed by atoms with Crippen LogP contribution in [0.5, 0.6) is 0 Å². The van der Waals surface area contributed by atoms with Crippen LogP contribution in [0.15, 0.2) is 109 Å². The fourth-order valence-corrected chi connectivity index (χ4v) is 7.40. The molecule has 7 heteroatoms. The normalized spacial score (nSPS) is 13.6. The Kier molecular flexibility index (Phi) is 12.9. The van der Waals surface area contributed by atoms with Crippen LogP contribution in [0.2, 0.25) is 0 Å². The topological polar surface area (TPSA) is 79.5 Å². The predicted octanol–water partition coefficient (Wildman–Crippen LogP) is 8.86. The molecule has 0 aromatic heterocycles. The lowest BCUT2D eigenvalue weighted by atomic mass is 9.84. The molecule has 254 valence electrons. The lowest BCUT2D eigenvalue weighted by molar-refractivity contribution is -0.119. The first-order valence-corrected chi connectivity index (χ1v) is 17.8. The molecular weight excluding hydrogens is 615 g/mol. The van der Waals surface area contributed by atoms with Gasteiger partial charge >= 0.3 is 6.09 Å². The van der Waals surface area contributed by atoms with Crippen molar-refractivity contribution < 1.29 is 14.3 Å². The predicted molar refractivity (Wildman–Crippen MR) is 201 cm³/mol. The van der Waals surface area contributed by atoms with E-state index in [4.69, 9.17) is 4.74 Å². The standard InChI is InChI=1S/C41H51N3O3S/c1-8-30(3)37(38(45)44-36-25-24-29(2)26-31(36)4)42-27-35(43-39(46)47-40(5,6)7)28-48-41(32-18-12-9-13-19-32,33-20-14-10-15-21-33)34-22-16-11-17-23-34/h9-26,30,35,37,42H,8,27-28H2,1-7H3,(H,43,46)(H,44,45)/t30-,35+,37-/m0/s1. The summed E-state index contributed by atoms with van der Waals surface area (Å²) in [4.78, 5) is 27.0. The van der Waals surface area contributed by atoms with Crippen LogP contribution in [0.3, 0.4) is 0 Å². The Morgan fingerprint density at radius 1 is 0.792 bits per heavy atom. The highest BCUT2D eigenvalue weighted by Gasteiger charge is 2.38. The molecule has 0 spiro atoms. The molecular formula is C41H51N3O3S. The molecule has 6 nitrogen and oxygen atoms in total. The van der Waals surface area contributed by atoms with Crippen LogP contribution in [-0.2, 0) is 14.3 Å². The summed E-state index contributed by atoms with van der Waals surface area (Å²) in [6, 6.07) is 36.7. The average Bonchev–Trinajstić information content (AvgIpc) is 3.06. The summed E-state index contributed by atoms with van der Waals surface area (Å²) in [5.41, 5.74) is 5.74. The number of hydrogen-bond acceptors (Lipinski definition) is 5. The van der Waals surface area contributed by atoms with E-state index < -0.39 is 22.5 Å². The van der Waals surface area contributed by atoms with Crippen LogP contribution in [0.4, 0.5) is 10.5 Å². The summed E-state index contributed by atoms with van der Waals surface area (Å²) >= 11 is 1.77. The molecule has 4 aromatic carbocycles. The maximum absolute atomic E-state index is 13.8. The van der Waals surface area contributed by atoms with Crippen molar-refractivity contribution in [3.05, 3.63) is 137 Å². The van der Waals surface area contributed by atoms with Gasteiger partial charge < -0.3 is 20.7 Å².